The van der Waals surface area contributed by atoms with Gasteiger partial charge in [-0.2, -0.15) is 0 Å². The van der Waals surface area contributed by atoms with Crippen molar-refractivity contribution < 1.29 is 54.5 Å². The van der Waals surface area contributed by atoms with Gasteiger partial charge in [0.05, 0.1) is 48.7 Å². The topological polar surface area (TPSA) is 243 Å². The summed E-state index contributed by atoms with van der Waals surface area (Å²) in [6, 6.07) is 3.85. The van der Waals surface area contributed by atoms with Crippen LogP contribution in [0.25, 0.3) is 0 Å². The molecule has 0 saturated carbocycles. The Morgan fingerprint density at radius 3 is 2.06 bits per heavy atom. The van der Waals surface area contributed by atoms with E-state index < -0.39 is 53.2 Å². The second-order valence-electron chi connectivity index (χ2n) is 10.3. The summed E-state index contributed by atoms with van der Waals surface area (Å²) in [5.74, 6) is -2.99. The molecule has 4 atom stereocenters. The van der Waals surface area contributed by atoms with Crippen LogP contribution in [-0.2, 0) is 22.4 Å². The number of Topliss-reactive ketones (excluding diaryl/α,β-unsaturated/α-hetero) is 1. The molecule has 2 aliphatic rings. The fourth-order valence-corrected chi connectivity index (χ4v) is 4.94. The van der Waals surface area contributed by atoms with Gasteiger partial charge < -0.3 is 51.6 Å². The second kappa shape index (κ2) is 21.1. The molecule has 0 bridgehead atoms. The Bertz CT molecular complexity index is 1410. The summed E-state index contributed by atoms with van der Waals surface area (Å²) in [5, 5.41) is 59.0. The van der Waals surface area contributed by atoms with Gasteiger partial charge in [-0.05, 0) is 39.8 Å². The van der Waals surface area contributed by atoms with E-state index in [1.807, 2.05) is 32.9 Å². The van der Waals surface area contributed by atoms with E-state index in [1.165, 1.54) is 39.5 Å². The predicted octanol–water partition coefficient (Wildman–Crippen LogP) is 1.71. The van der Waals surface area contributed by atoms with Gasteiger partial charge in [-0.25, -0.2) is 0 Å². The number of aromatic hydroxyl groups is 2. The van der Waals surface area contributed by atoms with E-state index >= 15 is 0 Å². The third kappa shape index (κ3) is 9.80. The van der Waals surface area contributed by atoms with Crippen molar-refractivity contribution in [1.82, 2.24) is 0 Å². The van der Waals surface area contributed by atoms with E-state index in [2.05, 4.69) is 12.3 Å². The van der Waals surface area contributed by atoms with Crippen LogP contribution in [0.2, 0.25) is 0 Å². The highest BCUT2D eigenvalue weighted by Crippen LogP contribution is 2.48. The highest BCUT2D eigenvalue weighted by atomic mass is 16.5. The van der Waals surface area contributed by atoms with Gasteiger partial charge in [0, 0.05) is 30.2 Å². The Balaban J connectivity index is 0.000000967. The lowest BCUT2D eigenvalue weighted by Gasteiger charge is -2.34. The molecule has 2 aromatic carbocycles. The zero-order chi connectivity index (χ0) is 37.4. The summed E-state index contributed by atoms with van der Waals surface area (Å²) in [7, 11) is 4.34. The molecule has 0 amide bonds. The van der Waals surface area contributed by atoms with Crippen molar-refractivity contribution >= 4 is 17.3 Å². The molecule has 2 aromatic rings. The maximum absolute atomic E-state index is 13.1. The van der Waals surface area contributed by atoms with Gasteiger partial charge in [0.15, 0.2) is 11.6 Å². The number of carbonyl (C=O) groups excluding carboxylic acids is 3. The number of phenols is 2. The number of benzene rings is 2. The van der Waals surface area contributed by atoms with Crippen LogP contribution in [0.3, 0.4) is 0 Å². The van der Waals surface area contributed by atoms with Crippen LogP contribution in [0, 0.1) is 0 Å². The summed E-state index contributed by atoms with van der Waals surface area (Å²) < 4.78 is 9.98. The zero-order valence-electron chi connectivity index (χ0n) is 28.8. The largest absolute Gasteiger partial charge is 0.507 e. The van der Waals surface area contributed by atoms with E-state index in [1.54, 1.807) is 13.0 Å². The molecular formula is C35H52N2O11. The third-order valence-electron chi connectivity index (χ3n) is 7.58. The van der Waals surface area contributed by atoms with Crippen molar-refractivity contribution in [3.05, 3.63) is 76.4 Å². The fourth-order valence-electron chi connectivity index (χ4n) is 4.94. The van der Waals surface area contributed by atoms with E-state index in [-0.39, 0.29) is 71.1 Å². The molecule has 0 saturated heterocycles. The van der Waals surface area contributed by atoms with Crippen LogP contribution in [-0.4, -0.2) is 106 Å². The minimum absolute atomic E-state index is 0.00456. The molecule has 3 unspecified atom stereocenters. The van der Waals surface area contributed by atoms with Crippen LogP contribution < -0.4 is 16.2 Å². The third-order valence-corrected chi connectivity index (χ3v) is 7.58. The number of methoxy groups -OCH3 is 2. The van der Waals surface area contributed by atoms with Crippen molar-refractivity contribution in [2.45, 2.75) is 70.8 Å². The second-order valence-corrected chi connectivity index (χ2v) is 10.3. The smallest absolute Gasteiger partial charge is 0.202 e. The molecule has 0 aliphatic heterocycles. The first-order chi connectivity index (χ1) is 22.8. The number of aliphatic hydroxyl groups excluding tert-OH is 3. The van der Waals surface area contributed by atoms with E-state index in [4.69, 9.17) is 25.4 Å². The number of hydrogen-bond donors (Lipinski definition) is 8. The highest BCUT2D eigenvalue weighted by Gasteiger charge is 2.45. The van der Waals surface area contributed by atoms with E-state index in [0.29, 0.717) is 0 Å². The first-order valence-corrected chi connectivity index (χ1v) is 15.4. The van der Waals surface area contributed by atoms with Crippen molar-refractivity contribution in [1.29, 1.82) is 0 Å². The molecule has 10 N–H and O–H groups in total. The van der Waals surface area contributed by atoms with Crippen LogP contribution in [0.5, 0.6) is 17.2 Å². The predicted molar refractivity (Wildman–Crippen MR) is 183 cm³/mol. The molecule has 268 valence electrons. The molecule has 13 nitrogen and oxygen atoms in total. The number of carbonyl (C=O) groups is 3. The van der Waals surface area contributed by atoms with Crippen molar-refractivity contribution in [2.75, 3.05) is 34.5 Å². The van der Waals surface area contributed by atoms with Gasteiger partial charge in [-0.3, -0.25) is 14.4 Å². The molecular weight excluding hydrogens is 624 g/mol. The molecule has 13 heteroatoms. The van der Waals surface area contributed by atoms with Crippen LogP contribution in [0.15, 0.2) is 43.0 Å². The minimum atomic E-state index is -1.93. The summed E-state index contributed by atoms with van der Waals surface area (Å²) in [6.45, 7) is 10.0. The minimum Gasteiger partial charge on any atom is -0.507 e. The number of fused-ring (bicyclic) bond motifs is 3. The lowest BCUT2D eigenvalue weighted by molar-refractivity contribution is -0.141. The normalized spacial score (nSPS) is 17.4. The summed E-state index contributed by atoms with van der Waals surface area (Å²) in [5.41, 5.74) is 7.44. The van der Waals surface area contributed by atoms with Gasteiger partial charge >= 0.3 is 0 Å². The Kier molecular flexibility index (Phi) is 19.4. The number of allylic oxidation sites excluding steroid dienone is 3. The molecule has 2 aliphatic carbocycles. The Labute approximate surface area is 282 Å². The number of ketones is 3. The number of phenolic OH excluding ortho intramolecular Hbond substituents is 2. The summed E-state index contributed by atoms with van der Waals surface area (Å²) in [4.78, 5) is 38.2. The van der Waals surface area contributed by atoms with Gasteiger partial charge in [-0.15, -0.1) is 0 Å². The van der Waals surface area contributed by atoms with Crippen LogP contribution >= 0.6 is 0 Å². The van der Waals surface area contributed by atoms with E-state index in [0.717, 1.165) is 0 Å². The molecule has 0 spiro atoms. The first kappa shape index (κ1) is 44.0. The quantitative estimate of drug-likeness (QED) is 0.125. The SMILES string of the molecule is C=C/C=C/C.CC.CN.COC(C)C(O)C(N)CO.COc1cccc2c1C(=O)c1c(O)c3c(c(O)c1C2=O)C[C@@](O)(C(=O)CO)CC3. The molecule has 0 aromatic heterocycles. The Morgan fingerprint density at radius 1 is 1.04 bits per heavy atom. The number of nitrogens with two attached hydrogens (primary N) is 2. The van der Waals surface area contributed by atoms with Gasteiger partial charge in [0.1, 0.15) is 29.5 Å². The molecule has 0 radical (unpaired) electrons. The first-order valence-electron chi connectivity index (χ1n) is 15.4. The van der Waals surface area contributed by atoms with Crippen molar-refractivity contribution in [2.24, 2.45) is 11.5 Å². The van der Waals surface area contributed by atoms with Gasteiger partial charge in [0.25, 0.3) is 0 Å². The van der Waals surface area contributed by atoms with Crippen LogP contribution in [0.1, 0.15) is 77.1 Å². The molecule has 4 rings (SSSR count). The highest BCUT2D eigenvalue weighted by molar-refractivity contribution is 6.31. The average molecular weight is 677 g/mol. The summed E-state index contributed by atoms with van der Waals surface area (Å²) in [6.07, 6.45) is 3.93. The maximum Gasteiger partial charge on any atom is 0.202 e. The lowest BCUT2D eigenvalue weighted by atomic mass is 9.73. The fraction of sp³-hybridized carbons (Fsp3) is 0.457. The Hall–Kier alpha value is -3.95. The summed E-state index contributed by atoms with van der Waals surface area (Å²) >= 11 is 0. The van der Waals surface area contributed by atoms with Crippen molar-refractivity contribution in [3.8, 4) is 17.2 Å². The molecule has 0 heterocycles. The van der Waals surface area contributed by atoms with E-state index in [9.17, 15) is 34.8 Å². The lowest BCUT2D eigenvalue weighted by Crippen LogP contribution is -2.45. The van der Waals surface area contributed by atoms with Crippen LogP contribution in [0.4, 0.5) is 0 Å². The number of rotatable bonds is 8. The standard InChI is InChI=1S/C21H18O8.C6H15NO3.C5H8.C2H6.CH5N/c1-29-12-4-2-3-10-14(12)20(27)16-15(18(10)25)19(26)11-7-21(28,13(23)8-22)6-5-9(11)17(16)24;1-4(10-2)6(9)5(7)3-8;1-3-5-4-2;2*1-2/h2-4,22,24,26,28H,5-8H2,1H3;4-6,8-9H,3,7H2,1-2H3;3-5H,1H2,2H3;1-2H3;2H2,1H3/b;;5-4+;;/t21-;;;;/m1..../s1. The monoisotopic (exact) mass is 676 g/mol. The maximum atomic E-state index is 13.1. The van der Waals surface area contributed by atoms with Gasteiger partial charge in [-0.1, -0.05) is 50.8 Å². The van der Waals surface area contributed by atoms with Gasteiger partial charge in [0.2, 0.25) is 5.78 Å². The molecule has 0 fully saturated rings. The number of ether oxygens (including phenoxy) is 2. The van der Waals surface area contributed by atoms with Crippen molar-refractivity contribution in [3.63, 3.8) is 0 Å². The molecule has 48 heavy (non-hydrogen) atoms. The zero-order valence-corrected chi connectivity index (χ0v) is 28.8. The number of aliphatic hydroxyl groups is 4. The Morgan fingerprint density at radius 2 is 1.60 bits per heavy atom. The number of hydrogen-bond acceptors (Lipinski definition) is 13. The average Bonchev–Trinajstić information content (AvgIpc) is 3.12.